The van der Waals surface area contributed by atoms with Crippen molar-refractivity contribution in [1.29, 1.82) is 0 Å². The first-order valence-electron chi connectivity index (χ1n) is 8.10. The van der Waals surface area contributed by atoms with Crippen molar-refractivity contribution in [2.75, 3.05) is 19.6 Å². The van der Waals surface area contributed by atoms with Crippen molar-refractivity contribution in [1.82, 2.24) is 9.80 Å². The molecule has 1 aromatic rings. The van der Waals surface area contributed by atoms with Gasteiger partial charge in [0.1, 0.15) is 6.54 Å². The third kappa shape index (κ3) is 2.94. The maximum Gasteiger partial charge on any atom is 0.262 e. The zero-order valence-electron chi connectivity index (χ0n) is 14.5. The summed E-state index contributed by atoms with van der Waals surface area (Å²) in [6.07, 6.45) is -0.0810. The van der Waals surface area contributed by atoms with Crippen LogP contribution in [0.25, 0.3) is 0 Å². The molecule has 6 heteroatoms. The molecule has 3 amide bonds. The van der Waals surface area contributed by atoms with Gasteiger partial charge in [0.15, 0.2) is 0 Å². The standard InChI is InChI=1S/C18H22N2O4/c1-11-5-6-13-14(7-11)17(23)20(16(13)22)9-15(21)19-8-12(2)24-18(3,4)10-19/h5-7,12H,8-10H2,1-4H3. The number of hydrogen-bond acceptors (Lipinski definition) is 4. The van der Waals surface area contributed by atoms with Gasteiger partial charge < -0.3 is 9.64 Å². The summed E-state index contributed by atoms with van der Waals surface area (Å²) in [5.74, 6) is -1.03. The molecule has 0 saturated carbocycles. The molecule has 0 aromatic heterocycles. The highest BCUT2D eigenvalue weighted by molar-refractivity contribution is 6.22. The average Bonchev–Trinajstić information content (AvgIpc) is 2.70. The second-order valence-electron chi connectivity index (χ2n) is 7.21. The molecule has 24 heavy (non-hydrogen) atoms. The monoisotopic (exact) mass is 330 g/mol. The van der Waals surface area contributed by atoms with Crippen LogP contribution in [0.15, 0.2) is 18.2 Å². The Morgan fingerprint density at radius 2 is 1.92 bits per heavy atom. The Labute approximate surface area is 141 Å². The lowest BCUT2D eigenvalue weighted by atomic mass is 10.1. The van der Waals surface area contributed by atoms with Crippen LogP contribution in [0, 0.1) is 6.92 Å². The highest BCUT2D eigenvalue weighted by Crippen LogP contribution is 2.25. The van der Waals surface area contributed by atoms with Crippen LogP contribution < -0.4 is 0 Å². The summed E-state index contributed by atoms with van der Waals surface area (Å²) in [5, 5.41) is 0. The Morgan fingerprint density at radius 3 is 2.58 bits per heavy atom. The molecule has 0 bridgehead atoms. The normalized spacial score (nSPS) is 22.8. The maximum atomic E-state index is 12.6. The first kappa shape index (κ1) is 16.6. The molecular formula is C18H22N2O4. The molecule has 0 radical (unpaired) electrons. The lowest BCUT2D eigenvalue weighted by Gasteiger charge is -2.42. The molecule has 0 aliphatic carbocycles. The van der Waals surface area contributed by atoms with Gasteiger partial charge in [0.05, 0.1) is 22.8 Å². The van der Waals surface area contributed by atoms with E-state index in [1.54, 1.807) is 23.1 Å². The molecule has 1 atom stereocenters. The Bertz CT molecular complexity index is 726. The largest absolute Gasteiger partial charge is 0.369 e. The summed E-state index contributed by atoms with van der Waals surface area (Å²) >= 11 is 0. The molecule has 1 aromatic carbocycles. The summed E-state index contributed by atoms with van der Waals surface area (Å²) < 4.78 is 5.79. The van der Waals surface area contributed by atoms with Crippen LogP contribution in [-0.2, 0) is 9.53 Å². The van der Waals surface area contributed by atoms with Gasteiger partial charge in [0.25, 0.3) is 11.8 Å². The number of aryl methyl sites for hydroxylation is 1. The number of imide groups is 1. The molecule has 2 aliphatic rings. The number of benzene rings is 1. The van der Waals surface area contributed by atoms with Gasteiger partial charge in [-0.05, 0) is 39.8 Å². The van der Waals surface area contributed by atoms with Gasteiger partial charge >= 0.3 is 0 Å². The minimum atomic E-state index is -0.438. The Balaban J connectivity index is 1.76. The molecule has 0 N–H and O–H groups in total. The molecule has 1 saturated heterocycles. The number of carbonyl (C=O) groups excluding carboxylic acids is 3. The second-order valence-corrected chi connectivity index (χ2v) is 7.21. The predicted molar refractivity (Wildman–Crippen MR) is 87.8 cm³/mol. The van der Waals surface area contributed by atoms with E-state index in [2.05, 4.69) is 0 Å². The van der Waals surface area contributed by atoms with Crippen molar-refractivity contribution >= 4 is 17.7 Å². The number of carbonyl (C=O) groups is 3. The number of amides is 3. The first-order valence-corrected chi connectivity index (χ1v) is 8.10. The molecule has 6 nitrogen and oxygen atoms in total. The lowest BCUT2D eigenvalue weighted by molar-refractivity contribution is -0.158. The summed E-state index contributed by atoms with van der Waals surface area (Å²) in [6.45, 7) is 8.30. The summed E-state index contributed by atoms with van der Waals surface area (Å²) in [4.78, 5) is 40.2. The lowest BCUT2D eigenvalue weighted by Crippen LogP contribution is -2.56. The van der Waals surface area contributed by atoms with Crippen molar-refractivity contribution in [3.8, 4) is 0 Å². The van der Waals surface area contributed by atoms with Crippen molar-refractivity contribution in [2.24, 2.45) is 0 Å². The van der Waals surface area contributed by atoms with Gasteiger partial charge in [-0.2, -0.15) is 0 Å². The number of nitrogens with zero attached hydrogens (tertiary/aromatic N) is 2. The summed E-state index contributed by atoms with van der Waals surface area (Å²) in [6, 6.07) is 5.14. The molecule has 1 fully saturated rings. The SMILES string of the molecule is Cc1ccc2c(c1)C(=O)N(CC(=O)N1CC(C)OC(C)(C)C1)C2=O. The fourth-order valence-electron chi connectivity index (χ4n) is 3.43. The Hall–Kier alpha value is -2.21. The molecule has 0 spiro atoms. The van der Waals surface area contributed by atoms with Gasteiger partial charge in [-0.15, -0.1) is 0 Å². The highest BCUT2D eigenvalue weighted by Gasteiger charge is 2.39. The second kappa shape index (κ2) is 5.70. The van der Waals surface area contributed by atoms with Gasteiger partial charge in [-0.3, -0.25) is 19.3 Å². The topological polar surface area (TPSA) is 66.9 Å². The Morgan fingerprint density at radius 1 is 1.25 bits per heavy atom. The number of fused-ring (bicyclic) bond motifs is 1. The van der Waals surface area contributed by atoms with E-state index < -0.39 is 17.4 Å². The van der Waals surface area contributed by atoms with E-state index >= 15 is 0 Å². The van der Waals surface area contributed by atoms with E-state index in [1.807, 2.05) is 27.7 Å². The quantitative estimate of drug-likeness (QED) is 0.773. The van der Waals surface area contributed by atoms with E-state index in [0.717, 1.165) is 10.5 Å². The minimum Gasteiger partial charge on any atom is -0.369 e. The number of morpholine rings is 1. The average molecular weight is 330 g/mol. The third-order valence-electron chi connectivity index (χ3n) is 4.34. The highest BCUT2D eigenvalue weighted by atomic mass is 16.5. The van der Waals surface area contributed by atoms with Crippen LogP contribution in [-0.4, -0.2) is 58.9 Å². The van der Waals surface area contributed by atoms with Crippen LogP contribution in [0.5, 0.6) is 0 Å². The molecule has 2 aliphatic heterocycles. The van der Waals surface area contributed by atoms with E-state index in [1.165, 1.54) is 0 Å². The van der Waals surface area contributed by atoms with Crippen molar-refractivity contribution in [2.45, 2.75) is 39.4 Å². The molecule has 128 valence electrons. The minimum absolute atomic E-state index is 0.0810. The smallest absolute Gasteiger partial charge is 0.262 e. The van der Waals surface area contributed by atoms with Gasteiger partial charge in [0.2, 0.25) is 5.91 Å². The number of hydrogen-bond donors (Lipinski definition) is 0. The zero-order valence-corrected chi connectivity index (χ0v) is 14.5. The van der Waals surface area contributed by atoms with Crippen molar-refractivity contribution < 1.29 is 19.1 Å². The Kier molecular flexibility index (Phi) is 3.95. The van der Waals surface area contributed by atoms with Crippen molar-refractivity contribution in [3.63, 3.8) is 0 Å². The molecular weight excluding hydrogens is 308 g/mol. The van der Waals surface area contributed by atoms with Gasteiger partial charge in [-0.1, -0.05) is 11.6 Å². The molecule has 2 heterocycles. The summed E-state index contributed by atoms with van der Waals surface area (Å²) in [5.41, 5.74) is 1.22. The van der Waals surface area contributed by atoms with Crippen LogP contribution in [0.4, 0.5) is 0 Å². The van der Waals surface area contributed by atoms with Crippen molar-refractivity contribution in [3.05, 3.63) is 34.9 Å². The molecule has 1 unspecified atom stereocenters. The van der Waals surface area contributed by atoms with Crippen LogP contribution in [0.3, 0.4) is 0 Å². The number of rotatable bonds is 2. The predicted octanol–water partition coefficient (Wildman–Crippen LogP) is 1.62. The van der Waals surface area contributed by atoms with Crippen LogP contribution in [0.1, 0.15) is 47.1 Å². The maximum absolute atomic E-state index is 12.6. The fraction of sp³-hybridized carbons (Fsp3) is 0.500. The third-order valence-corrected chi connectivity index (χ3v) is 4.34. The van der Waals surface area contributed by atoms with Gasteiger partial charge in [-0.25, -0.2) is 0 Å². The first-order chi connectivity index (χ1) is 11.2. The van der Waals surface area contributed by atoms with E-state index in [4.69, 9.17) is 4.74 Å². The number of ether oxygens (including phenoxy) is 1. The van der Waals surface area contributed by atoms with E-state index in [9.17, 15) is 14.4 Å². The summed E-state index contributed by atoms with van der Waals surface area (Å²) in [7, 11) is 0. The van der Waals surface area contributed by atoms with Crippen LogP contribution in [0.2, 0.25) is 0 Å². The molecule has 3 rings (SSSR count). The fourth-order valence-corrected chi connectivity index (χ4v) is 3.43. The van der Waals surface area contributed by atoms with Crippen LogP contribution >= 0.6 is 0 Å². The van der Waals surface area contributed by atoms with E-state index in [0.29, 0.717) is 24.2 Å². The van der Waals surface area contributed by atoms with Gasteiger partial charge in [0, 0.05) is 13.1 Å². The van der Waals surface area contributed by atoms with E-state index in [-0.39, 0.29) is 18.6 Å². The zero-order chi connectivity index (χ0) is 17.6.